The van der Waals surface area contributed by atoms with Crippen molar-refractivity contribution < 1.29 is 18.8 Å². The van der Waals surface area contributed by atoms with E-state index in [1.165, 1.54) is 13.4 Å². The molecule has 1 N–H and O–H groups in total. The van der Waals surface area contributed by atoms with Crippen molar-refractivity contribution in [2.75, 3.05) is 26.5 Å². The second-order valence-electron chi connectivity index (χ2n) is 2.99. The molecule has 0 aromatic heterocycles. The van der Waals surface area contributed by atoms with Gasteiger partial charge in [0.05, 0.1) is 23.0 Å². The van der Waals surface area contributed by atoms with Crippen LogP contribution in [0.2, 0.25) is 0 Å². The minimum absolute atomic E-state index is 0.303. The number of carboxylic acid groups (broad SMARTS) is 1. The molecule has 1 aliphatic rings. The molecule has 0 aromatic carbocycles. The Kier molecular flexibility index (Phi) is 3.40. The van der Waals surface area contributed by atoms with Crippen molar-refractivity contribution in [3.8, 4) is 0 Å². The van der Waals surface area contributed by atoms with Gasteiger partial charge in [0.2, 0.25) is 0 Å². The molecule has 76 valence electrons. The van der Waals surface area contributed by atoms with E-state index in [0.717, 1.165) is 0 Å². The lowest BCUT2D eigenvalue weighted by molar-refractivity contribution is -0.144. The first kappa shape index (κ1) is 10.6. The molecule has 1 rings (SSSR count). The molecule has 3 unspecified atom stereocenters. The van der Waals surface area contributed by atoms with E-state index in [9.17, 15) is 9.00 Å². The zero-order chi connectivity index (χ0) is 10.0. The summed E-state index contributed by atoms with van der Waals surface area (Å²) in [6, 6.07) is 0. The fourth-order valence-electron chi connectivity index (χ4n) is 1.43. The predicted octanol–water partition coefficient (Wildman–Crippen LogP) is -0.689. The molecule has 0 amide bonds. The molecule has 0 aliphatic carbocycles. The quantitative estimate of drug-likeness (QED) is 0.665. The largest absolute Gasteiger partial charge is 0.481 e. The van der Waals surface area contributed by atoms with E-state index in [2.05, 4.69) is 0 Å². The maximum atomic E-state index is 11.1. The summed E-state index contributed by atoms with van der Waals surface area (Å²) in [5.41, 5.74) is 0. The van der Waals surface area contributed by atoms with E-state index in [1.54, 1.807) is 4.31 Å². The van der Waals surface area contributed by atoms with Crippen LogP contribution in [0.15, 0.2) is 0 Å². The molecule has 0 spiro atoms. The Bertz CT molecular complexity index is 233. The average Bonchev–Trinajstić information content (AvgIpc) is 2.47. The summed E-state index contributed by atoms with van der Waals surface area (Å²) in [5, 5.41) is 8.81. The van der Waals surface area contributed by atoms with Gasteiger partial charge >= 0.3 is 5.97 Å². The van der Waals surface area contributed by atoms with Crippen molar-refractivity contribution >= 4 is 17.0 Å². The summed E-state index contributed by atoms with van der Waals surface area (Å²) >= 11 is 0. The van der Waals surface area contributed by atoms with E-state index < -0.39 is 22.9 Å². The molecule has 0 radical (unpaired) electrons. The van der Waals surface area contributed by atoms with Gasteiger partial charge in [0.25, 0.3) is 0 Å². The highest BCUT2D eigenvalue weighted by Crippen LogP contribution is 2.20. The Hall–Kier alpha value is -0.460. The third-order valence-electron chi connectivity index (χ3n) is 2.22. The first-order valence-electron chi connectivity index (χ1n) is 3.90. The maximum absolute atomic E-state index is 11.1. The zero-order valence-electron chi connectivity index (χ0n) is 7.60. The molecule has 6 heteroatoms. The van der Waals surface area contributed by atoms with Gasteiger partial charge in [-0.1, -0.05) is 0 Å². The summed E-state index contributed by atoms with van der Waals surface area (Å²) < 4.78 is 17.7. The number of carboxylic acids is 1. The fourth-order valence-corrected chi connectivity index (χ4v) is 2.15. The summed E-state index contributed by atoms with van der Waals surface area (Å²) in [4.78, 5) is 10.7. The van der Waals surface area contributed by atoms with E-state index in [-0.39, 0.29) is 6.10 Å². The third kappa shape index (κ3) is 2.26. The molecule has 1 fully saturated rings. The Morgan fingerprint density at radius 1 is 1.62 bits per heavy atom. The molecule has 1 heterocycles. The van der Waals surface area contributed by atoms with E-state index in [1.807, 2.05) is 0 Å². The van der Waals surface area contributed by atoms with Gasteiger partial charge in [0.1, 0.15) is 0 Å². The standard InChI is InChI=1S/C7H13NO4S/c1-12-6-4-8(13(2)11)3-5(6)7(9)10/h5-6H,3-4H2,1-2H3,(H,9,10). The van der Waals surface area contributed by atoms with Crippen LogP contribution in [-0.2, 0) is 20.5 Å². The van der Waals surface area contributed by atoms with Crippen LogP contribution in [0.5, 0.6) is 0 Å². The second kappa shape index (κ2) is 4.17. The summed E-state index contributed by atoms with van der Waals surface area (Å²) in [6.07, 6.45) is 1.19. The Balaban J connectivity index is 2.66. The lowest BCUT2D eigenvalue weighted by Gasteiger charge is -2.11. The lowest BCUT2D eigenvalue weighted by atomic mass is 10.1. The zero-order valence-corrected chi connectivity index (χ0v) is 8.41. The van der Waals surface area contributed by atoms with Crippen LogP contribution in [0.3, 0.4) is 0 Å². The highest BCUT2D eigenvalue weighted by Gasteiger charge is 2.39. The van der Waals surface area contributed by atoms with Crippen LogP contribution in [0.1, 0.15) is 0 Å². The van der Waals surface area contributed by atoms with Gasteiger partial charge in [-0.15, -0.1) is 0 Å². The molecular formula is C7H13NO4S. The van der Waals surface area contributed by atoms with Crippen molar-refractivity contribution in [2.24, 2.45) is 5.92 Å². The minimum Gasteiger partial charge on any atom is -0.481 e. The number of rotatable bonds is 3. The van der Waals surface area contributed by atoms with Gasteiger partial charge in [0.15, 0.2) is 0 Å². The van der Waals surface area contributed by atoms with Gasteiger partial charge in [-0.25, -0.2) is 8.51 Å². The predicted molar refractivity (Wildman–Crippen MR) is 47.6 cm³/mol. The van der Waals surface area contributed by atoms with Crippen molar-refractivity contribution in [3.63, 3.8) is 0 Å². The van der Waals surface area contributed by atoms with Crippen LogP contribution in [0, 0.1) is 5.92 Å². The molecular weight excluding hydrogens is 194 g/mol. The summed E-state index contributed by atoms with van der Waals surface area (Å²) in [7, 11) is 0.364. The van der Waals surface area contributed by atoms with Crippen LogP contribution in [-0.4, -0.2) is 52.1 Å². The fraction of sp³-hybridized carbons (Fsp3) is 0.857. The Morgan fingerprint density at radius 3 is 2.54 bits per heavy atom. The van der Waals surface area contributed by atoms with Crippen molar-refractivity contribution in [3.05, 3.63) is 0 Å². The topological polar surface area (TPSA) is 66.8 Å². The maximum Gasteiger partial charge on any atom is 0.310 e. The lowest BCUT2D eigenvalue weighted by Crippen LogP contribution is -2.27. The first-order valence-corrected chi connectivity index (χ1v) is 5.42. The second-order valence-corrected chi connectivity index (χ2v) is 4.35. The Labute approximate surface area is 79.3 Å². The Morgan fingerprint density at radius 2 is 2.23 bits per heavy atom. The summed E-state index contributed by atoms with van der Waals surface area (Å²) in [6.45, 7) is 0.730. The number of ether oxygens (including phenoxy) is 1. The molecule has 3 atom stereocenters. The molecule has 0 bridgehead atoms. The highest BCUT2D eigenvalue weighted by atomic mass is 32.2. The number of hydrogen-bond acceptors (Lipinski definition) is 3. The first-order chi connectivity index (χ1) is 6.06. The van der Waals surface area contributed by atoms with Gasteiger partial charge in [-0.05, 0) is 0 Å². The van der Waals surface area contributed by atoms with E-state index in [4.69, 9.17) is 9.84 Å². The van der Waals surface area contributed by atoms with Gasteiger partial charge in [0, 0.05) is 26.5 Å². The SMILES string of the molecule is COC1CN(S(C)=O)CC1C(=O)O. The van der Waals surface area contributed by atoms with E-state index in [0.29, 0.717) is 13.1 Å². The van der Waals surface area contributed by atoms with Crippen LogP contribution in [0.25, 0.3) is 0 Å². The molecule has 1 aliphatic heterocycles. The molecule has 13 heavy (non-hydrogen) atoms. The van der Waals surface area contributed by atoms with Crippen LogP contribution in [0.4, 0.5) is 0 Å². The van der Waals surface area contributed by atoms with Crippen LogP contribution < -0.4 is 0 Å². The van der Waals surface area contributed by atoms with Crippen molar-refractivity contribution in [1.29, 1.82) is 0 Å². The summed E-state index contributed by atoms with van der Waals surface area (Å²) in [5.74, 6) is -1.45. The normalized spacial score (nSPS) is 31.8. The van der Waals surface area contributed by atoms with Crippen molar-refractivity contribution in [1.82, 2.24) is 4.31 Å². The highest BCUT2D eigenvalue weighted by molar-refractivity contribution is 7.81. The number of hydrogen-bond donors (Lipinski definition) is 1. The van der Waals surface area contributed by atoms with Gasteiger partial charge in [-0.3, -0.25) is 4.79 Å². The molecule has 5 nitrogen and oxygen atoms in total. The number of aliphatic carboxylic acids is 1. The number of methoxy groups -OCH3 is 1. The minimum atomic E-state index is -1.11. The van der Waals surface area contributed by atoms with E-state index >= 15 is 0 Å². The van der Waals surface area contributed by atoms with Gasteiger partial charge in [-0.2, -0.15) is 0 Å². The smallest absolute Gasteiger partial charge is 0.310 e. The molecule has 0 aromatic rings. The van der Waals surface area contributed by atoms with Crippen LogP contribution >= 0.6 is 0 Å². The monoisotopic (exact) mass is 207 g/mol. The molecule has 1 saturated heterocycles. The molecule has 0 saturated carbocycles. The van der Waals surface area contributed by atoms with Gasteiger partial charge < -0.3 is 9.84 Å². The average molecular weight is 207 g/mol. The third-order valence-corrected chi connectivity index (χ3v) is 3.24. The van der Waals surface area contributed by atoms with Crippen molar-refractivity contribution in [2.45, 2.75) is 6.10 Å². The number of carbonyl (C=O) groups is 1. The number of nitrogens with zero attached hydrogens (tertiary/aromatic N) is 1.